The molecule has 8 heteroatoms. The minimum absolute atomic E-state index is 0.159. The van der Waals surface area contributed by atoms with Crippen molar-refractivity contribution < 1.29 is 28.2 Å². The van der Waals surface area contributed by atoms with Crippen LogP contribution in [0, 0.1) is 0 Å². The van der Waals surface area contributed by atoms with Crippen molar-refractivity contribution in [2.24, 2.45) is 5.73 Å². The summed E-state index contributed by atoms with van der Waals surface area (Å²) in [6.45, 7) is -0.311. The van der Waals surface area contributed by atoms with Gasteiger partial charge >= 0.3 is 11.6 Å². The Labute approximate surface area is 153 Å². The van der Waals surface area contributed by atoms with Gasteiger partial charge in [0.25, 0.3) is 5.91 Å². The third kappa shape index (κ3) is 4.24. The number of hydrogen-bond donors (Lipinski definition) is 1. The van der Waals surface area contributed by atoms with E-state index in [4.69, 9.17) is 24.4 Å². The molecule has 1 aromatic heterocycles. The van der Waals surface area contributed by atoms with E-state index in [-0.39, 0.29) is 23.5 Å². The minimum Gasteiger partial charge on any atom is -0.497 e. The van der Waals surface area contributed by atoms with E-state index >= 15 is 0 Å². The number of methoxy groups -OCH3 is 1. The molecule has 0 spiro atoms. The van der Waals surface area contributed by atoms with E-state index in [1.165, 1.54) is 24.3 Å². The number of carbonyl (C=O) groups is 2. The van der Waals surface area contributed by atoms with Gasteiger partial charge in [-0.2, -0.15) is 0 Å². The van der Waals surface area contributed by atoms with Gasteiger partial charge in [-0.1, -0.05) is 0 Å². The first kappa shape index (κ1) is 18.0. The first-order chi connectivity index (χ1) is 13.0. The molecule has 0 radical (unpaired) electrons. The minimum atomic E-state index is -0.878. The van der Waals surface area contributed by atoms with Gasteiger partial charge in [-0.25, -0.2) is 9.59 Å². The van der Waals surface area contributed by atoms with Gasteiger partial charge in [0.05, 0.1) is 7.11 Å². The van der Waals surface area contributed by atoms with Crippen LogP contribution >= 0.6 is 0 Å². The summed E-state index contributed by atoms with van der Waals surface area (Å²) in [6.07, 6.45) is 0. The molecule has 0 unspecified atom stereocenters. The lowest BCUT2D eigenvalue weighted by Gasteiger charge is -2.08. The fourth-order valence-corrected chi connectivity index (χ4v) is 2.30. The number of esters is 1. The summed E-state index contributed by atoms with van der Waals surface area (Å²) in [4.78, 5) is 34.8. The number of fused-ring (bicyclic) bond motifs is 1. The van der Waals surface area contributed by atoms with Gasteiger partial charge in [-0.15, -0.1) is 0 Å². The van der Waals surface area contributed by atoms with Gasteiger partial charge in [-0.3, -0.25) is 4.79 Å². The zero-order valence-electron chi connectivity index (χ0n) is 14.3. The maximum atomic E-state index is 11.9. The average molecular weight is 369 g/mol. The van der Waals surface area contributed by atoms with Crippen molar-refractivity contribution in [1.82, 2.24) is 0 Å². The predicted octanol–water partition coefficient (Wildman–Crippen LogP) is 1.88. The zero-order chi connectivity index (χ0) is 19.4. The van der Waals surface area contributed by atoms with Crippen LogP contribution in [0.3, 0.4) is 0 Å². The van der Waals surface area contributed by atoms with Gasteiger partial charge in [0.15, 0.2) is 6.61 Å². The van der Waals surface area contributed by atoms with Crippen LogP contribution in [-0.4, -0.2) is 25.6 Å². The van der Waals surface area contributed by atoms with Crippen LogP contribution in [-0.2, 0) is 4.79 Å². The third-order valence-electron chi connectivity index (χ3n) is 3.62. The van der Waals surface area contributed by atoms with Crippen molar-refractivity contribution in [3.63, 3.8) is 0 Å². The largest absolute Gasteiger partial charge is 0.497 e. The normalized spacial score (nSPS) is 10.4. The second kappa shape index (κ2) is 7.61. The fraction of sp³-hybridized carbons (Fsp3) is 0.105. The van der Waals surface area contributed by atoms with Gasteiger partial charge in [0.2, 0.25) is 0 Å². The van der Waals surface area contributed by atoms with E-state index in [9.17, 15) is 14.4 Å². The molecule has 138 valence electrons. The van der Waals surface area contributed by atoms with Crippen LogP contribution in [0.1, 0.15) is 10.4 Å². The Hall–Kier alpha value is -3.81. The van der Waals surface area contributed by atoms with Crippen molar-refractivity contribution in [2.75, 3.05) is 13.7 Å². The Kier molecular flexibility index (Phi) is 5.07. The van der Waals surface area contributed by atoms with Gasteiger partial charge in [0, 0.05) is 11.5 Å². The standard InChI is InChI=1S/C19H15NO7/c1-24-12-4-6-13(7-5-12)25-10-17(21)26-14-3-2-11-8-15(18(20)22)19(23)27-16(11)9-14/h2-9H,10H2,1H3,(H2,20,22). The molecule has 0 aliphatic carbocycles. The van der Waals surface area contributed by atoms with Crippen molar-refractivity contribution in [3.05, 3.63) is 64.5 Å². The van der Waals surface area contributed by atoms with E-state index < -0.39 is 17.5 Å². The van der Waals surface area contributed by atoms with Gasteiger partial charge in [0.1, 0.15) is 28.4 Å². The highest BCUT2D eigenvalue weighted by Gasteiger charge is 2.12. The second-order valence-corrected chi connectivity index (χ2v) is 5.45. The van der Waals surface area contributed by atoms with Crippen molar-refractivity contribution >= 4 is 22.8 Å². The number of hydrogen-bond acceptors (Lipinski definition) is 7. The molecule has 2 aromatic carbocycles. The molecule has 1 amide bonds. The van der Waals surface area contributed by atoms with E-state index in [1.54, 1.807) is 31.4 Å². The number of benzene rings is 2. The topological polar surface area (TPSA) is 118 Å². The summed E-state index contributed by atoms with van der Waals surface area (Å²) in [7, 11) is 1.55. The van der Waals surface area contributed by atoms with Gasteiger partial charge in [-0.05, 0) is 42.5 Å². The number of ether oxygens (including phenoxy) is 3. The molecule has 1 heterocycles. The number of primary amides is 1. The van der Waals surface area contributed by atoms with Crippen LogP contribution < -0.4 is 25.6 Å². The molecular formula is C19H15NO7. The number of rotatable bonds is 6. The highest BCUT2D eigenvalue weighted by atomic mass is 16.6. The van der Waals surface area contributed by atoms with Crippen LogP contribution in [0.25, 0.3) is 11.0 Å². The maximum Gasteiger partial charge on any atom is 0.349 e. The molecule has 0 bridgehead atoms. The molecule has 27 heavy (non-hydrogen) atoms. The quantitative estimate of drug-likeness (QED) is 0.400. The van der Waals surface area contributed by atoms with Crippen molar-refractivity contribution in [3.8, 4) is 17.2 Å². The van der Waals surface area contributed by atoms with Crippen LogP contribution in [0.2, 0.25) is 0 Å². The van der Waals surface area contributed by atoms with Crippen molar-refractivity contribution in [2.45, 2.75) is 0 Å². The summed E-state index contributed by atoms with van der Waals surface area (Å²) in [5, 5.41) is 0.470. The monoisotopic (exact) mass is 369 g/mol. The number of nitrogens with two attached hydrogens (primary N) is 1. The lowest BCUT2D eigenvalue weighted by atomic mass is 10.2. The molecule has 0 saturated carbocycles. The van der Waals surface area contributed by atoms with E-state index in [2.05, 4.69) is 0 Å². The fourth-order valence-electron chi connectivity index (χ4n) is 2.30. The lowest BCUT2D eigenvalue weighted by Crippen LogP contribution is -2.20. The van der Waals surface area contributed by atoms with Crippen molar-refractivity contribution in [1.29, 1.82) is 0 Å². The Morgan fingerprint density at radius 1 is 1.00 bits per heavy atom. The molecule has 8 nitrogen and oxygen atoms in total. The number of carbonyl (C=O) groups excluding carboxylic acids is 2. The summed E-state index contributed by atoms with van der Waals surface area (Å²) in [5.74, 6) is -0.197. The highest BCUT2D eigenvalue weighted by Crippen LogP contribution is 2.21. The number of amides is 1. The third-order valence-corrected chi connectivity index (χ3v) is 3.62. The molecule has 0 saturated heterocycles. The predicted molar refractivity (Wildman–Crippen MR) is 95.1 cm³/mol. The Balaban J connectivity index is 1.68. The smallest absolute Gasteiger partial charge is 0.349 e. The highest BCUT2D eigenvalue weighted by molar-refractivity contribution is 5.95. The van der Waals surface area contributed by atoms with Crippen LogP contribution in [0.5, 0.6) is 17.2 Å². The first-order valence-electron chi connectivity index (χ1n) is 7.81. The molecule has 0 fully saturated rings. The summed E-state index contributed by atoms with van der Waals surface area (Å²) in [6, 6.07) is 12.4. The molecule has 0 aliphatic heterocycles. The van der Waals surface area contributed by atoms with E-state index in [0.717, 1.165) is 0 Å². The second-order valence-electron chi connectivity index (χ2n) is 5.45. The summed E-state index contributed by atoms with van der Waals surface area (Å²) >= 11 is 0. The summed E-state index contributed by atoms with van der Waals surface area (Å²) < 4.78 is 20.6. The SMILES string of the molecule is COc1ccc(OCC(=O)Oc2ccc3cc(C(N)=O)c(=O)oc3c2)cc1. The van der Waals surface area contributed by atoms with E-state index in [1.807, 2.05) is 0 Å². The molecule has 0 aliphatic rings. The molecule has 2 N–H and O–H groups in total. The first-order valence-corrected chi connectivity index (χ1v) is 7.81. The Morgan fingerprint density at radius 2 is 1.67 bits per heavy atom. The average Bonchev–Trinajstić information content (AvgIpc) is 2.66. The summed E-state index contributed by atoms with van der Waals surface area (Å²) in [5.41, 5.74) is 4.16. The molecule has 0 atom stereocenters. The van der Waals surface area contributed by atoms with Crippen LogP contribution in [0.4, 0.5) is 0 Å². The molecule has 3 rings (SSSR count). The molecular weight excluding hydrogens is 354 g/mol. The zero-order valence-corrected chi connectivity index (χ0v) is 14.3. The van der Waals surface area contributed by atoms with E-state index in [0.29, 0.717) is 16.9 Å². The van der Waals surface area contributed by atoms with Gasteiger partial charge < -0.3 is 24.4 Å². The molecule has 3 aromatic rings. The van der Waals surface area contributed by atoms with Crippen LogP contribution in [0.15, 0.2) is 57.7 Å². The Bertz CT molecular complexity index is 1050. The Morgan fingerprint density at radius 3 is 2.33 bits per heavy atom. The lowest BCUT2D eigenvalue weighted by molar-refractivity contribution is -0.136. The maximum absolute atomic E-state index is 11.9.